The minimum absolute atomic E-state index is 0.303. The van der Waals surface area contributed by atoms with Gasteiger partial charge in [0.15, 0.2) is 5.82 Å². The van der Waals surface area contributed by atoms with Gasteiger partial charge in [0.2, 0.25) is 0 Å². The van der Waals surface area contributed by atoms with E-state index in [1.54, 1.807) is 54.3 Å². The summed E-state index contributed by atoms with van der Waals surface area (Å²) < 4.78 is 1.65. The Bertz CT molecular complexity index is 1260. The first-order valence-electron chi connectivity index (χ1n) is 8.62. The predicted octanol–water partition coefficient (Wildman–Crippen LogP) is 4.09. The number of amides is 2. The van der Waals surface area contributed by atoms with Crippen molar-refractivity contribution in [3.05, 3.63) is 76.9 Å². The van der Waals surface area contributed by atoms with E-state index >= 15 is 0 Å². The maximum Gasteiger partial charge on any atom is 0.267 e. The SMILES string of the molecule is Cn1nc(N2C(=O)c3ccccc3C2=O)c2cc(-c3ncccc3Cl)ccc21. The monoisotopic (exact) mass is 388 g/mol. The van der Waals surface area contributed by atoms with Gasteiger partial charge in [-0.1, -0.05) is 29.8 Å². The number of rotatable bonds is 2. The second kappa shape index (κ2) is 6.00. The summed E-state index contributed by atoms with van der Waals surface area (Å²) in [6.07, 6.45) is 1.67. The van der Waals surface area contributed by atoms with E-state index in [1.165, 1.54) is 0 Å². The average molecular weight is 389 g/mol. The number of pyridine rings is 1. The van der Waals surface area contributed by atoms with Crippen molar-refractivity contribution in [3.8, 4) is 11.3 Å². The summed E-state index contributed by atoms with van der Waals surface area (Å²) in [7, 11) is 1.78. The van der Waals surface area contributed by atoms with Crippen molar-refractivity contribution in [2.24, 2.45) is 7.05 Å². The molecule has 0 bridgehead atoms. The number of hydrogen-bond donors (Lipinski definition) is 0. The molecule has 0 aliphatic carbocycles. The average Bonchev–Trinajstić information content (AvgIpc) is 3.16. The zero-order valence-electron chi connectivity index (χ0n) is 14.8. The summed E-state index contributed by atoms with van der Waals surface area (Å²) in [5.74, 6) is -0.443. The second-order valence-electron chi connectivity index (χ2n) is 6.50. The molecule has 2 amide bonds. The van der Waals surface area contributed by atoms with E-state index in [1.807, 2.05) is 18.2 Å². The minimum Gasteiger partial charge on any atom is -0.268 e. The van der Waals surface area contributed by atoms with Gasteiger partial charge in [-0.2, -0.15) is 5.10 Å². The molecule has 2 aromatic heterocycles. The Kier molecular flexibility index (Phi) is 3.57. The van der Waals surface area contributed by atoms with E-state index in [0.717, 1.165) is 16.0 Å². The highest BCUT2D eigenvalue weighted by molar-refractivity contribution is 6.35. The van der Waals surface area contributed by atoms with Crippen LogP contribution in [0.25, 0.3) is 22.2 Å². The van der Waals surface area contributed by atoms with Crippen LogP contribution in [0.5, 0.6) is 0 Å². The molecule has 0 N–H and O–H groups in total. The molecule has 7 heteroatoms. The molecule has 1 aliphatic rings. The number of aromatic nitrogens is 3. The summed E-state index contributed by atoms with van der Waals surface area (Å²) in [6, 6.07) is 15.9. The van der Waals surface area contributed by atoms with Crippen LogP contribution in [0.15, 0.2) is 60.8 Å². The van der Waals surface area contributed by atoms with Crippen LogP contribution in [-0.4, -0.2) is 26.6 Å². The number of halogens is 1. The lowest BCUT2D eigenvalue weighted by atomic mass is 10.1. The first kappa shape index (κ1) is 16.6. The topological polar surface area (TPSA) is 68.1 Å². The van der Waals surface area contributed by atoms with Gasteiger partial charge in [-0.25, -0.2) is 4.90 Å². The lowest BCUT2D eigenvalue weighted by Gasteiger charge is -2.11. The van der Waals surface area contributed by atoms with E-state index in [2.05, 4.69) is 10.1 Å². The van der Waals surface area contributed by atoms with Crippen molar-refractivity contribution < 1.29 is 9.59 Å². The van der Waals surface area contributed by atoms with Gasteiger partial charge in [0.25, 0.3) is 11.8 Å². The lowest BCUT2D eigenvalue weighted by molar-refractivity contribution is 0.0925. The zero-order chi connectivity index (χ0) is 19.4. The van der Waals surface area contributed by atoms with Crippen molar-refractivity contribution in [1.82, 2.24) is 14.8 Å². The molecule has 0 atom stereocenters. The molecule has 28 heavy (non-hydrogen) atoms. The highest BCUT2D eigenvalue weighted by atomic mass is 35.5. The zero-order valence-corrected chi connectivity index (χ0v) is 15.5. The normalized spacial score (nSPS) is 13.4. The molecule has 5 rings (SSSR count). The Hall–Kier alpha value is -3.51. The van der Waals surface area contributed by atoms with Gasteiger partial charge in [0, 0.05) is 24.2 Å². The van der Waals surface area contributed by atoms with E-state index in [0.29, 0.717) is 33.0 Å². The third kappa shape index (κ3) is 2.28. The first-order valence-corrected chi connectivity index (χ1v) is 8.99. The van der Waals surface area contributed by atoms with Gasteiger partial charge >= 0.3 is 0 Å². The highest BCUT2D eigenvalue weighted by Gasteiger charge is 2.38. The number of nitrogens with zero attached hydrogens (tertiary/aromatic N) is 4. The number of imide groups is 1. The fourth-order valence-electron chi connectivity index (χ4n) is 3.54. The number of benzene rings is 2. The van der Waals surface area contributed by atoms with Crippen LogP contribution in [0, 0.1) is 0 Å². The Morgan fingerprint density at radius 2 is 1.64 bits per heavy atom. The van der Waals surface area contributed by atoms with Crippen molar-refractivity contribution in [2.75, 3.05) is 4.90 Å². The number of fused-ring (bicyclic) bond motifs is 2. The largest absolute Gasteiger partial charge is 0.268 e. The minimum atomic E-state index is -0.373. The Balaban J connectivity index is 1.71. The van der Waals surface area contributed by atoms with E-state index < -0.39 is 0 Å². The second-order valence-corrected chi connectivity index (χ2v) is 6.91. The van der Waals surface area contributed by atoms with Crippen molar-refractivity contribution in [3.63, 3.8) is 0 Å². The van der Waals surface area contributed by atoms with Crippen LogP contribution in [0.3, 0.4) is 0 Å². The summed E-state index contributed by atoms with van der Waals surface area (Å²) in [4.78, 5) is 31.3. The molecule has 1 aliphatic heterocycles. The lowest BCUT2D eigenvalue weighted by Crippen LogP contribution is -2.30. The molecule has 0 spiro atoms. The van der Waals surface area contributed by atoms with Gasteiger partial charge < -0.3 is 0 Å². The van der Waals surface area contributed by atoms with E-state index in [-0.39, 0.29) is 11.8 Å². The van der Waals surface area contributed by atoms with Crippen LogP contribution in [0.1, 0.15) is 20.7 Å². The third-order valence-corrected chi connectivity index (χ3v) is 5.17. The van der Waals surface area contributed by atoms with Crippen LogP contribution in [-0.2, 0) is 7.05 Å². The number of anilines is 1. The number of carbonyl (C=O) groups excluding carboxylic acids is 2. The highest BCUT2D eigenvalue weighted by Crippen LogP contribution is 2.35. The smallest absolute Gasteiger partial charge is 0.267 e. The molecular weight excluding hydrogens is 376 g/mol. The summed E-state index contributed by atoms with van der Waals surface area (Å²) in [5.41, 5.74) is 2.97. The Labute approximate surface area is 165 Å². The van der Waals surface area contributed by atoms with Gasteiger partial charge in [0.1, 0.15) is 0 Å². The fraction of sp³-hybridized carbons (Fsp3) is 0.0476. The number of hydrogen-bond acceptors (Lipinski definition) is 4. The van der Waals surface area contributed by atoms with Gasteiger partial charge in [0.05, 0.1) is 27.4 Å². The van der Waals surface area contributed by atoms with E-state index in [4.69, 9.17) is 11.6 Å². The predicted molar refractivity (Wildman–Crippen MR) is 107 cm³/mol. The number of carbonyl (C=O) groups is 2. The van der Waals surface area contributed by atoms with Gasteiger partial charge in [-0.15, -0.1) is 0 Å². The fourth-order valence-corrected chi connectivity index (χ4v) is 3.77. The summed E-state index contributed by atoms with van der Waals surface area (Å²) in [5, 5.41) is 5.66. The summed E-state index contributed by atoms with van der Waals surface area (Å²) in [6.45, 7) is 0. The maximum absolute atomic E-state index is 12.9. The molecule has 0 fully saturated rings. The molecular formula is C21H13ClN4O2. The molecule has 6 nitrogen and oxygen atoms in total. The van der Waals surface area contributed by atoms with Crippen LogP contribution >= 0.6 is 11.6 Å². The first-order chi connectivity index (χ1) is 13.6. The third-order valence-electron chi connectivity index (χ3n) is 4.87. The number of aryl methyl sites for hydroxylation is 1. The van der Waals surface area contributed by atoms with Crippen molar-refractivity contribution >= 4 is 40.1 Å². The van der Waals surface area contributed by atoms with Crippen LogP contribution in [0.4, 0.5) is 5.82 Å². The molecule has 2 aromatic carbocycles. The van der Waals surface area contributed by atoms with Crippen LogP contribution < -0.4 is 4.90 Å². The molecule has 3 heterocycles. The Morgan fingerprint density at radius 1 is 0.929 bits per heavy atom. The molecule has 4 aromatic rings. The molecule has 136 valence electrons. The molecule has 0 saturated carbocycles. The molecule has 0 unspecified atom stereocenters. The van der Waals surface area contributed by atoms with Crippen molar-refractivity contribution in [1.29, 1.82) is 0 Å². The van der Waals surface area contributed by atoms with Gasteiger partial charge in [-0.05, 0) is 36.4 Å². The molecule has 0 saturated heterocycles. The quantitative estimate of drug-likeness (QED) is 0.485. The van der Waals surface area contributed by atoms with Gasteiger partial charge in [-0.3, -0.25) is 19.3 Å². The van der Waals surface area contributed by atoms with Crippen molar-refractivity contribution in [2.45, 2.75) is 0 Å². The maximum atomic E-state index is 12.9. The Morgan fingerprint density at radius 3 is 2.32 bits per heavy atom. The molecule has 0 radical (unpaired) electrons. The summed E-state index contributed by atoms with van der Waals surface area (Å²) >= 11 is 6.29. The standard InChI is InChI=1S/C21H13ClN4O2/c1-25-17-9-8-12(18-16(22)7-4-10-23-18)11-15(17)19(24-25)26-20(27)13-5-2-3-6-14(13)21(26)28/h2-11H,1H3. The van der Waals surface area contributed by atoms with Crippen LogP contribution in [0.2, 0.25) is 5.02 Å². The van der Waals surface area contributed by atoms with E-state index in [9.17, 15) is 9.59 Å².